The number of carbonyl (C=O) groups excluding carboxylic acids is 1. The molecule has 0 saturated heterocycles. The number of hydrogen-bond acceptors (Lipinski definition) is 8. The molecule has 0 aliphatic carbocycles. The number of nitrogens with zero attached hydrogens (tertiary/aromatic N) is 2. The minimum atomic E-state index is -1.27. The van der Waals surface area contributed by atoms with Crippen molar-refractivity contribution >= 4 is 33.2 Å². The molecule has 0 bridgehead atoms. The first kappa shape index (κ1) is 15.0. The molecule has 1 rings (SSSR count). The number of aliphatic hydroxyl groups is 2. The highest BCUT2D eigenvalue weighted by Gasteiger charge is 2.24. The zero-order chi connectivity index (χ0) is 13.7. The van der Waals surface area contributed by atoms with E-state index in [9.17, 15) is 25.1 Å². The van der Waals surface area contributed by atoms with Crippen LogP contribution < -0.4 is 0 Å². The molecule has 0 aliphatic heterocycles. The number of aliphatic hydroxyl groups excluding tert-OH is 2. The molecule has 0 aromatic carbocycles. The Labute approximate surface area is 111 Å². The van der Waals surface area contributed by atoms with Crippen LogP contribution in [0.15, 0.2) is 6.20 Å². The molecule has 1 aromatic heterocycles. The van der Waals surface area contributed by atoms with Gasteiger partial charge in [0.05, 0.1) is 11.0 Å². The van der Waals surface area contributed by atoms with Crippen molar-refractivity contribution < 1.29 is 19.9 Å². The maximum absolute atomic E-state index is 10.7. The Morgan fingerprint density at radius 3 is 2.83 bits per heavy atom. The highest BCUT2D eigenvalue weighted by atomic mass is 32.2. The van der Waals surface area contributed by atoms with Gasteiger partial charge in [-0.3, -0.25) is 14.9 Å². The minimum absolute atomic E-state index is 0.0680. The summed E-state index contributed by atoms with van der Waals surface area (Å²) < 4.78 is 0. The van der Waals surface area contributed by atoms with Crippen LogP contribution in [-0.2, 0) is 4.79 Å². The number of aromatic nitrogens is 1. The summed E-state index contributed by atoms with van der Waals surface area (Å²) in [5.41, 5.74) is 0. The third kappa shape index (κ3) is 4.33. The molecule has 18 heavy (non-hydrogen) atoms. The average Bonchev–Trinajstić information content (AvgIpc) is 2.76. The van der Waals surface area contributed by atoms with E-state index in [4.69, 9.17) is 0 Å². The van der Waals surface area contributed by atoms with Crippen molar-refractivity contribution in [3.05, 3.63) is 21.3 Å². The second-order valence-electron chi connectivity index (χ2n) is 3.43. The van der Waals surface area contributed by atoms with E-state index in [1.807, 2.05) is 0 Å². The third-order valence-electron chi connectivity index (χ3n) is 2.03. The highest BCUT2D eigenvalue weighted by molar-refractivity contribution is 8.13. The SMILES string of the molecule is CC(=O)SCCC(O)C(O)c1ncc([N+](=O)[O-])s1. The zero-order valence-corrected chi connectivity index (χ0v) is 11.1. The van der Waals surface area contributed by atoms with Crippen LogP contribution >= 0.6 is 23.1 Å². The Morgan fingerprint density at radius 2 is 2.33 bits per heavy atom. The monoisotopic (exact) mass is 292 g/mol. The first-order valence-corrected chi connectivity index (χ1v) is 6.81. The van der Waals surface area contributed by atoms with Crippen LogP contribution in [0.5, 0.6) is 0 Å². The maximum atomic E-state index is 10.7. The van der Waals surface area contributed by atoms with E-state index in [1.165, 1.54) is 6.92 Å². The average molecular weight is 292 g/mol. The minimum Gasteiger partial charge on any atom is -0.390 e. The first-order valence-electron chi connectivity index (χ1n) is 5.01. The van der Waals surface area contributed by atoms with Crippen molar-refractivity contribution in [1.29, 1.82) is 0 Å². The maximum Gasteiger partial charge on any atom is 0.344 e. The Bertz CT molecular complexity index is 436. The summed E-state index contributed by atoms with van der Waals surface area (Å²) >= 11 is 1.77. The fourth-order valence-electron chi connectivity index (χ4n) is 1.15. The number of rotatable bonds is 6. The van der Waals surface area contributed by atoms with Gasteiger partial charge in [0.15, 0.2) is 5.12 Å². The van der Waals surface area contributed by atoms with E-state index in [-0.39, 0.29) is 21.5 Å². The van der Waals surface area contributed by atoms with Crippen LogP contribution in [0.2, 0.25) is 0 Å². The molecule has 7 nitrogen and oxygen atoms in total. The molecule has 2 unspecified atom stereocenters. The van der Waals surface area contributed by atoms with Crippen molar-refractivity contribution in [1.82, 2.24) is 4.98 Å². The van der Waals surface area contributed by atoms with Gasteiger partial charge in [0.1, 0.15) is 17.3 Å². The summed E-state index contributed by atoms with van der Waals surface area (Å²) in [6.45, 7) is 1.41. The molecule has 0 amide bonds. The van der Waals surface area contributed by atoms with Crippen molar-refractivity contribution in [2.75, 3.05) is 5.75 Å². The van der Waals surface area contributed by atoms with Crippen LogP contribution in [0, 0.1) is 10.1 Å². The number of hydrogen-bond donors (Lipinski definition) is 2. The second kappa shape index (κ2) is 6.78. The van der Waals surface area contributed by atoms with Gasteiger partial charge < -0.3 is 10.2 Å². The molecule has 0 radical (unpaired) electrons. The number of thioether (sulfide) groups is 1. The highest BCUT2D eigenvalue weighted by Crippen LogP contribution is 2.28. The van der Waals surface area contributed by atoms with Gasteiger partial charge in [-0.1, -0.05) is 11.8 Å². The Kier molecular flexibility index (Phi) is 5.66. The summed E-state index contributed by atoms with van der Waals surface area (Å²) in [6, 6.07) is 0. The van der Waals surface area contributed by atoms with Crippen LogP contribution in [-0.4, -0.2) is 37.1 Å². The van der Waals surface area contributed by atoms with Crippen LogP contribution in [0.4, 0.5) is 5.00 Å². The number of carbonyl (C=O) groups is 1. The lowest BCUT2D eigenvalue weighted by atomic mass is 10.2. The largest absolute Gasteiger partial charge is 0.390 e. The number of nitro groups is 1. The van der Waals surface area contributed by atoms with E-state index in [1.54, 1.807) is 0 Å². The lowest BCUT2D eigenvalue weighted by Gasteiger charge is -2.14. The molecule has 9 heteroatoms. The van der Waals surface area contributed by atoms with Crippen molar-refractivity contribution in [3.63, 3.8) is 0 Å². The lowest BCUT2D eigenvalue weighted by molar-refractivity contribution is -0.380. The topological polar surface area (TPSA) is 114 Å². The van der Waals surface area contributed by atoms with E-state index >= 15 is 0 Å². The van der Waals surface area contributed by atoms with E-state index in [0.29, 0.717) is 5.75 Å². The van der Waals surface area contributed by atoms with Crippen molar-refractivity contribution in [3.8, 4) is 0 Å². The van der Waals surface area contributed by atoms with Gasteiger partial charge >= 0.3 is 5.00 Å². The first-order chi connectivity index (χ1) is 8.41. The molecule has 0 saturated carbocycles. The van der Waals surface area contributed by atoms with Gasteiger partial charge in [-0.15, -0.1) is 0 Å². The van der Waals surface area contributed by atoms with Crippen molar-refractivity contribution in [2.24, 2.45) is 0 Å². The smallest absolute Gasteiger partial charge is 0.344 e. The zero-order valence-electron chi connectivity index (χ0n) is 9.48. The van der Waals surface area contributed by atoms with Gasteiger partial charge in [0, 0.05) is 12.7 Å². The molecule has 2 N–H and O–H groups in total. The van der Waals surface area contributed by atoms with Crippen LogP contribution in [0.25, 0.3) is 0 Å². The van der Waals surface area contributed by atoms with Gasteiger partial charge in [0.2, 0.25) is 0 Å². The van der Waals surface area contributed by atoms with Gasteiger partial charge in [-0.05, 0) is 17.8 Å². The molecular weight excluding hydrogens is 280 g/mol. The van der Waals surface area contributed by atoms with E-state index in [0.717, 1.165) is 29.3 Å². The molecule has 2 atom stereocenters. The summed E-state index contributed by atoms with van der Waals surface area (Å²) in [7, 11) is 0. The summed E-state index contributed by atoms with van der Waals surface area (Å²) in [5, 5.41) is 29.7. The predicted molar refractivity (Wildman–Crippen MR) is 67.5 cm³/mol. The molecule has 1 heterocycles. The summed E-state index contributed by atoms with van der Waals surface area (Å²) in [5.74, 6) is 0.376. The Hall–Kier alpha value is -1.03. The molecule has 0 aliphatic rings. The summed E-state index contributed by atoms with van der Waals surface area (Å²) in [4.78, 5) is 24.2. The summed E-state index contributed by atoms with van der Waals surface area (Å²) in [6.07, 6.45) is -1.11. The molecular formula is C9H12N2O5S2. The molecule has 0 spiro atoms. The van der Waals surface area contributed by atoms with Crippen LogP contribution in [0.3, 0.4) is 0 Å². The fourth-order valence-corrected chi connectivity index (χ4v) is 2.57. The Morgan fingerprint density at radius 1 is 1.67 bits per heavy atom. The third-order valence-corrected chi connectivity index (χ3v) is 3.89. The predicted octanol–water partition coefficient (Wildman–Crippen LogP) is 1.12. The number of thiazole rings is 1. The molecule has 100 valence electrons. The quantitative estimate of drug-likeness (QED) is 0.596. The second-order valence-corrected chi connectivity index (χ2v) is 5.75. The Balaban J connectivity index is 2.53. The van der Waals surface area contributed by atoms with E-state index in [2.05, 4.69) is 4.98 Å². The standard InChI is InChI=1S/C9H12N2O5S2/c1-5(12)17-3-2-6(13)8(14)9-10-4-7(18-9)11(15)16/h4,6,8,13-14H,2-3H2,1H3. The fraction of sp³-hybridized carbons (Fsp3) is 0.556. The van der Waals surface area contributed by atoms with Gasteiger partial charge in [-0.25, -0.2) is 4.98 Å². The van der Waals surface area contributed by atoms with Crippen LogP contribution in [0.1, 0.15) is 24.5 Å². The molecule has 1 aromatic rings. The van der Waals surface area contributed by atoms with E-state index < -0.39 is 17.1 Å². The normalized spacial score (nSPS) is 14.2. The van der Waals surface area contributed by atoms with Gasteiger partial charge in [-0.2, -0.15) is 0 Å². The lowest BCUT2D eigenvalue weighted by Crippen LogP contribution is -2.19. The molecule has 0 fully saturated rings. The van der Waals surface area contributed by atoms with Gasteiger partial charge in [0.25, 0.3) is 0 Å². The van der Waals surface area contributed by atoms with Crippen molar-refractivity contribution in [2.45, 2.75) is 25.6 Å².